The van der Waals surface area contributed by atoms with E-state index in [4.69, 9.17) is 10.00 Å². The number of benzene rings is 2. The van der Waals surface area contributed by atoms with E-state index >= 15 is 0 Å². The first-order valence-corrected chi connectivity index (χ1v) is 8.64. The summed E-state index contributed by atoms with van der Waals surface area (Å²) in [6, 6.07) is 16.6. The van der Waals surface area contributed by atoms with Crippen LogP contribution in [0.2, 0.25) is 0 Å². The smallest absolute Gasteiger partial charge is 0.306 e. The van der Waals surface area contributed by atoms with Crippen molar-refractivity contribution in [3.05, 3.63) is 70.8 Å². The van der Waals surface area contributed by atoms with E-state index in [0.29, 0.717) is 43.5 Å². The van der Waals surface area contributed by atoms with Gasteiger partial charge in [0.15, 0.2) is 0 Å². The molecule has 0 aliphatic rings. The molecule has 134 valence electrons. The number of ether oxygens (including phenoxy) is 1. The Morgan fingerprint density at radius 2 is 1.77 bits per heavy atom. The normalized spacial score (nSPS) is 10.0. The van der Waals surface area contributed by atoms with Crippen molar-refractivity contribution in [3.63, 3.8) is 0 Å². The Kier molecular flexibility index (Phi) is 7.38. The molecule has 5 nitrogen and oxygen atoms in total. The molecule has 0 fully saturated rings. The SMILES string of the molecule is CCOC(=O)CCc1ccc(CCNC(=O)c2cccc(C#N)c2)cc1. The molecule has 0 atom stereocenters. The molecule has 0 saturated heterocycles. The average molecular weight is 350 g/mol. The second-order valence-electron chi connectivity index (χ2n) is 5.82. The summed E-state index contributed by atoms with van der Waals surface area (Å²) in [5.41, 5.74) is 3.14. The monoisotopic (exact) mass is 350 g/mol. The molecule has 0 unspecified atom stereocenters. The van der Waals surface area contributed by atoms with Crippen molar-refractivity contribution in [2.45, 2.75) is 26.2 Å². The predicted octanol–water partition coefficient (Wildman–Crippen LogP) is 3.03. The Labute approximate surface area is 153 Å². The summed E-state index contributed by atoms with van der Waals surface area (Å²) in [5.74, 6) is -0.368. The molecule has 2 aromatic rings. The van der Waals surface area contributed by atoms with Crippen LogP contribution in [0.3, 0.4) is 0 Å². The molecule has 0 aliphatic heterocycles. The minimum Gasteiger partial charge on any atom is -0.466 e. The Bertz CT molecular complexity index is 792. The number of rotatable bonds is 8. The average Bonchev–Trinajstić information content (AvgIpc) is 2.67. The first-order chi connectivity index (χ1) is 12.6. The summed E-state index contributed by atoms with van der Waals surface area (Å²) in [4.78, 5) is 23.5. The van der Waals surface area contributed by atoms with Gasteiger partial charge in [-0.25, -0.2) is 0 Å². The van der Waals surface area contributed by atoms with Crippen molar-refractivity contribution in [3.8, 4) is 6.07 Å². The van der Waals surface area contributed by atoms with Gasteiger partial charge in [-0.15, -0.1) is 0 Å². The molecular formula is C21H22N2O3. The lowest BCUT2D eigenvalue weighted by atomic mass is 10.1. The summed E-state index contributed by atoms with van der Waals surface area (Å²) in [6.07, 6.45) is 1.75. The summed E-state index contributed by atoms with van der Waals surface area (Å²) in [5, 5.41) is 11.7. The molecule has 0 saturated carbocycles. The van der Waals surface area contributed by atoms with Gasteiger partial charge in [0.25, 0.3) is 5.91 Å². The van der Waals surface area contributed by atoms with Gasteiger partial charge in [0.2, 0.25) is 0 Å². The summed E-state index contributed by atoms with van der Waals surface area (Å²) < 4.78 is 4.92. The van der Waals surface area contributed by atoms with Crippen LogP contribution >= 0.6 is 0 Å². The van der Waals surface area contributed by atoms with E-state index < -0.39 is 0 Å². The fraction of sp³-hybridized carbons (Fsp3) is 0.286. The van der Waals surface area contributed by atoms with Crippen molar-refractivity contribution in [2.24, 2.45) is 0 Å². The highest BCUT2D eigenvalue weighted by Crippen LogP contribution is 2.08. The zero-order valence-electron chi connectivity index (χ0n) is 14.8. The van der Waals surface area contributed by atoms with Gasteiger partial charge >= 0.3 is 5.97 Å². The molecule has 2 rings (SSSR count). The van der Waals surface area contributed by atoms with Gasteiger partial charge < -0.3 is 10.1 Å². The van der Waals surface area contributed by atoms with Crippen LogP contribution in [0.25, 0.3) is 0 Å². The van der Waals surface area contributed by atoms with Gasteiger partial charge in [0, 0.05) is 18.5 Å². The van der Waals surface area contributed by atoms with Gasteiger partial charge in [0.05, 0.1) is 18.2 Å². The quantitative estimate of drug-likeness (QED) is 0.742. The number of esters is 1. The molecule has 0 aromatic heterocycles. The van der Waals surface area contributed by atoms with Gasteiger partial charge in [-0.05, 0) is 49.1 Å². The molecule has 0 bridgehead atoms. The third kappa shape index (κ3) is 6.06. The Balaban J connectivity index is 1.78. The van der Waals surface area contributed by atoms with Crippen LogP contribution in [-0.4, -0.2) is 25.0 Å². The van der Waals surface area contributed by atoms with E-state index in [2.05, 4.69) is 5.32 Å². The van der Waals surface area contributed by atoms with E-state index in [1.54, 1.807) is 31.2 Å². The number of nitrogens with zero attached hydrogens (tertiary/aromatic N) is 1. The van der Waals surface area contributed by atoms with Crippen molar-refractivity contribution in [2.75, 3.05) is 13.2 Å². The second-order valence-corrected chi connectivity index (χ2v) is 5.82. The number of aryl methyl sites for hydroxylation is 1. The van der Waals surface area contributed by atoms with Crippen molar-refractivity contribution >= 4 is 11.9 Å². The highest BCUT2D eigenvalue weighted by Gasteiger charge is 2.06. The van der Waals surface area contributed by atoms with E-state index in [9.17, 15) is 9.59 Å². The molecule has 0 spiro atoms. The van der Waals surface area contributed by atoms with Crippen LogP contribution in [0.4, 0.5) is 0 Å². The van der Waals surface area contributed by atoms with Gasteiger partial charge in [0.1, 0.15) is 0 Å². The number of hydrogen-bond donors (Lipinski definition) is 1. The highest BCUT2D eigenvalue weighted by atomic mass is 16.5. The number of nitriles is 1. The van der Waals surface area contributed by atoms with Crippen LogP contribution in [-0.2, 0) is 22.4 Å². The highest BCUT2D eigenvalue weighted by molar-refractivity contribution is 5.94. The summed E-state index contributed by atoms with van der Waals surface area (Å²) >= 11 is 0. The van der Waals surface area contributed by atoms with Crippen LogP contribution < -0.4 is 5.32 Å². The van der Waals surface area contributed by atoms with E-state index in [0.717, 1.165) is 11.1 Å². The van der Waals surface area contributed by atoms with Crippen molar-refractivity contribution in [1.82, 2.24) is 5.32 Å². The molecule has 0 heterocycles. The first kappa shape index (κ1) is 19.2. The standard InChI is InChI=1S/C21H22N2O3/c1-2-26-20(24)11-10-16-6-8-17(9-7-16)12-13-23-21(25)19-5-3-4-18(14-19)15-22/h3-9,14H,2,10-13H2,1H3,(H,23,25). The lowest BCUT2D eigenvalue weighted by Gasteiger charge is -2.07. The largest absolute Gasteiger partial charge is 0.466 e. The molecule has 0 radical (unpaired) electrons. The topological polar surface area (TPSA) is 79.2 Å². The maximum absolute atomic E-state index is 12.1. The Morgan fingerprint density at radius 3 is 2.42 bits per heavy atom. The number of hydrogen-bond acceptors (Lipinski definition) is 4. The van der Waals surface area contributed by atoms with Crippen molar-refractivity contribution in [1.29, 1.82) is 5.26 Å². The van der Waals surface area contributed by atoms with Gasteiger partial charge in [-0.2, -0.15) is 5.26 Å². The van der Waals surface area contributed by atoms with E-state index in [1.807, 2.05) is 30.3 Å². The van der Waals surface area contributed by atoms with Crippen LogP contribution in [0.1, 0.15) is 40.4 Å². The fourth-order valence-corrected chi connectivity index (χ4v) is 2.50. The van der Waals surface area contributed by atoms with E-state index in [-0.39, 0.29) is 11.9 Å². The summed E-state index contributed by atoms with van der Waals surface area (Å²) in [6.45, 7) is 2.72. The molecule has 0 aliphatic carbocycles. The molecular weight excluding hydrogens is 328 g/mol. The third-order valence-corrected chi connectivity index (χ3v) is 3.90. The number of carbonyl (C=O) groups excluding carboxylic acids is 2. The van der Waals surface area contributed by atoms with Crippen LogP contribution in [0.5, 0.6) is 0 Å². The lowest BCUT2D eigenvalue weighted by molar-refractivity contribution is -0.143. The Morgan fingerprint density at radius 1 is 1.08 bits per heavy atom. The minimum atomic E-state index is -0.187. The van der Waals surface area contributed by atoms with Gasteiger partial charge in [-0.1, -0.05) is 30.3 Å². The fourth-order valence-electron chi connectivity index (χ4n) is 2.50. The molecule has 2 aromatic carbocycles. The maximum atomic E-state index is 12.1. The number of nitrogens with one attached hydrogen (secondary N) is 1. The second kappa shape index (κ2) is 10.00. The molecule has 1 amide bonds. The minimum absolute atomic E-state index is 0.181. The molecule has 26 heavy (non-hydrogen) atoms. The lowest BCUT2D eigenvalue weighted by Crippen LogP contribution is -2.25. The third-order valence-electron chi connectivity index (χ3n) is 3.90. The maximum Gasteiger partial charge on any atom is 0.306 e. The van der Waals surface area contributed by atoms with E-state index in [1.165, 1.54) is 0 Å². The molecule has 1 N–H and O–H groups in total. The van der Waals surface area contributed by atoms with Crippen molar-refractivity contribution < 1.29 is 14.3 Å². The van der Waals surface area contributed by atoms with Crippen LogP contribution in [0, 0.1) is 11.3 Å². The zero-order valence-corrected chi connectivity index (χ0v) is 14.8. The van der Waals surface area contributed by atoms with Crippen LogP contribution in [0.15, 0.2) is 48.5 Å². The number of carbonyl (C=O) groups is 2. The zero-order chi connectivity index (χ0) is 18.8. The summed E-state index contributed by atoms with van der Waals surface area (Å²) in [7, 11) is 0. The van der Waals surface area contributed by atoms with Gasteiger partial charge in [-0.3, -0.25) is 9.59 Å². The Hall–Kier alpha value is -3.13. The predicted molar refractivity (Wildman–Crippen MR) is 98.6 cm³/mol. The molecule has 5 heteroatoms. The first-order valence-electron chi connectivity index (χ1n) is 8.64. The number of amides is 1.